The molecule has 1 rings (SSSR count). The van der Waals surface area contributed by atoms with E-state index in [1.807, 2.05) is 0 Å². The van der Waals surface area contributed by atoms with Gasteiger partial charge in [-0.15, -0.1) is 0 Å². The van der Waals surface area contributed by atoms with Gasteiger partial charge in [0.05, 0.1) is 23.2 Å². The Balaban J connectivity index is 3.16. The van der Waals surface area contributed by atoms with Crippen molar-refractivity contribution in [3.63, 3.8) is 0 Å². The van der Waals surface area contributed by atoms with Gasteiger partial charge >= 0.3 is 5.97 Å². The number of nitro groups is 1. The third-order valence-corrected chi connectivity index (χ3v) is 2.18. The second-order valence-corrected chi connectivity index (χ2v) is 3.33. The number of rotatable bonds is 5. The van der Waals surface area contributed by atoms with Gasteiger partial charge in [-0.1, -0.05) is 12.2 Å². The second kappa shape index (κ2) is 6.29. The number of carbonyl (C=O) groups excluding carboxylic acids is 2. The number of hydrogen-bond donors (Lipinski definition) is 0. The number of methoxy groups -OCH3 is 1. The van der Waals surface area contributed by atoms with Gasteiger partial charge in [0.25, 0.3) is 5.69 Å². The smallest absolute Gasteiger partial charge is 0.338 e. The lowest BCUT2D eigenvalue weighted by atomic mass is 10.1. The molecule has 0 fully saturated rings. The number of nitro benzene ring substituents is 1. The Morgan fingerprint density at radius 3 is 2.78 bits per heavy atom. The van der Waals surface area contributed by atoms with Crippen LogP contribution in [0.3, 0.4) is 0 Å². The number of carbonyl (C=O) groups is 2. The van der Waals surface area contributed by atoms with Crippen molar-refractivity contribution in [2.75, 3.05) is 7.11 Å². The van der Waals surface area contributed by atoms with Crippen molar-refractivity contribution in [1.82, 2.24) is 0 Å². The molecule has 6 heteroatoms. The van der Waals surface area contributed by atoms with Gasteiger partial charge in [0, 0.05) is 12.5 Å². The average molecular weight is 249 g/mol. The summed E-state index contributed by atoms with van der Waals surface area (Å²) in [5.41, 5.74) is 0.228. The largest absolute Gasteiger partial charge is 0.465 e. The van der Waals surface area contributed by atoms with Gasteiger partial charge < -0.3 is 9.53 Å². The lowest BCUT2D eigenvalue weighted by molar-refractivity contribution is -0.385. The van der Waals surface area contributed by atoms with Crippen LogP contribution in [0, 0.1) is 10.1 Å². The van der Waals surface area contributed by atoms with E-state index in [1.165, 1.54) is 31.4 Å². The minimum absolute atomic E-state index is 0.108. The van der Waals surface area contributed by atoms with Crippen molar-refractivity contribution in [3.05, 3.63) is 45.5 Å². The maximum absolute atomic E-state index is 11.3. The van der Waals surface area contributed by atoms with Crippen LogP contribution in [-0.2, 0) is 9.53 Å². The van der Waals surface area contributed by atoms with E-state index in [9.17, 15) is 19.7 Å². The Morgan fingerprint density at radius 1 is 1.50 bits per heavy atom. The van der Waals surface area contributed by atoms with Gasteiger partial charge in [-0.3, -0.25) is 10.1 Å². The predicted octanol–water partition coefficient (Wildman–Crippen LogP) is 1.98. The van der Waals surface area contributed by atoms with Crippen LogP contribution in [0.5, 0.6) is 0 Å². The quantitative estimate of drug-likeness (QED) is 0.344. The molecule has 0 saturated carbocycles. The van der Waals surface area contributed by atoms with Crippen LogP contribution < -0.4 is 0 Å². The highest BCUT2D eigenvalue weighted by molar-refractivity contribution is 5.90. The molecule has 0 N–H and O–H groups in total. The van der Waals surface area contributed by atoms with Gasteiger partial charge in [-0.2, -0.15) is 0 Å². The summed E-state index contributed by atoms with van der Waals surface area (Å²) in [5, 5.41) is 10.9. The summed E-state index contributed by atoms with van der Waals surface area (Å²) in [4.78, 5) is 31.7. The van der Waals surface area contributed by atoms with Crippen molar-refractivity contribution in [1.29, 1.82) is 0 Å². The summed E-state index contributed by atoms with van der Waals surface area (Å²) in [6, 6.07) is 4.01. The highest BCUT2D eigenvalue weighted by Gasteiger charge is 2.16. The van der Waals surface area contributed by atoms with E-state index in [4.69, 9.17) is 0 Å². The van der Waals surface area contributed by atoms with Crippen molar-refractivity contribution in [2.45, 2.75) is 6.42 Å². The Bertz CT molecular complexity index is 507. The van der Waals surface area contributed by atoms with E-state index < -0.39 is 10.9 Å². The first-order valence-corrected chi connectivity index (χ1v) is 5.07. The van der Waals surface area contributed by atoms with Crippen LogP contribution in [0.2, 0.25) is 0 Å². The molecule has 6 nitrogen and oxygen atoms in total. The minimum atomic E-state index is -0.637. The number of aldehydes is 1. The minimum Gasteiger partial charge on any atom is -0.465 e. The van der Waals surface area contributed by atoms with Gasteiger partial charge in [-0.05, 0) is 12.1 Å². The fourth-order valence-corrected chi connectivity index (χ4v) is 1.34. The first-order valence-electron chi connectivity index (χ1n) is 5.07. The monoisotopic (exact) mass is 249 g/mol. The lowest BCUT2D eigenvalue weighted by Gasteiger charge is -2.01. The highest BCUT2D eigenvalue weighted by atomic mass is 16.6. The van der Waals surface area contributed by atoms with E-state index in [0.29, 0.717) is 11.8 Å². The topological polar surface area (TPSA) is 86.5 Å². The highest BCUT2D eigenvalue weighted by Crippen LogP contribution is 2.22. The summed E-state index contributed by atoms with van der Waals surface area (Å²) >= 11 is 0. The SMILES string of the molecule is COC(=O)c1ccc(C=CCC=O)c([N+](=O)[O-])c1. The van der Waals surface area contributed by atoms with Crippen LogP contribution in [-0.4, -0.2) is 24.3 Å². The van der Waals surface area contributed by atoms with E-state index >= 15 is 0 Å². The Morgan fingerprint density at radius 2 is 2.22 bits per heavy atom. The summed E-state index contributed by atoms with van der Waals surface area (Å²) in [7, 11) is 1.20. The van der Waals surface area contributed by atoms with E-state index in [1.54, 1.807) is 0 Å². The molecular formula is C12H11NO5. The summed E-state index contributed by atoms with van der Waals surface area (Å²) in [5.74, 6) is -0.637. The molecule has 94 valence electrons. The zero-order valence-electron chi connectivity index (χ0n) is 9.66. The lowest BCUT2D eigenvalue weighted by Crippen LogP contribution is -2.02. The van der Waals surface area contributed by atoms with E-state index in [-0.39, 0.29) is 17.7 Å². The van der Waals surface area contributed by atoms with Crippen LogP contribution >= 0.6 is 0 Å². The van der Waals surface area contributed by atoms with Crippen molar-refractivity contribution >= 4 is 24.0 Å². The molecular weight excluding hydrogens is 238 g/mol. The average Bonchev–Trinajstić information content (AvgIpc) is 2.38. The Labute approximate surface area is 103 Å². The molecule has 0 aliphatic heterocycles. The number of allylic oxidation sites excluding steroid dienone is 1. The standard InChI is InChI=1S/C12H11NO5/c1-18-12(15)10-6-5-9(4-2-3-7-14)11(8-10)13(16)17/h2,4-8H,3H2,1H3. The molecule has 1 aromatic rings. The maximum atomic E-state index is 11.3. The third-order valence-electron chi connectivity index (χ3n) is 2.18. The van der Waals surface area contributed by atoms with Gasteiger partial charge in [0.1, 0.15) is 6.29 Å². The number of nitrogens with zero attached hydrogens (tertiary/aromatic N) is 1. The molecule has 0 atom stereocenters. The maximum Gasteiger partial charge on any atom is 0.338 e. The molecule has 0 aliphatic rings. The van der Waals surface area contributed by atoms with Gasteiger partial charge in [0.15, 0.2) is 0 Å². The van der Waals surface area contributed by atoms with Gasteiger partial charge in [0.2, 0.25) is 0 Å². The van der Waals surface area contributed by atoms with Crippen molar-refractivity contribution < 1.29 is 19.2 Å². The summed E-state index contributed by atoms with van der Waals surface area (Å²) in [6.07, 6.45) is 3.84. The van der Waals surface area contributed by atoms with Crippen molar-refractivity contribution in [2.24, 2.45) is 0 Å². The first-order chi connectivity index (χ1) is 8.60. The van der Waals surface area contributed by atoms with E-state index in [0.717, 1.165) is 6.07 Å². The first kappa shape index (κ1) is 13.6. The van der Waals surface area contributed by atoms with Crippen LogP contribution in [0.1, 0.15) is 22.3 Å². The molecule has 0 heterocycles. The zero-order chi connectivity index (χ0) is 13.5. The summed E-state index contributed by atoms with van der Waals surface area (Å²) < 4.78 is 4.48. The predicted molar refractivity (Wildman–Crippen MR) is 64.2 cm³/mol. The number of ether oxygens (including phenoxy) is 1. The molecule has 0 spiro atoms. The molecule has 1 aromatic carbocycles. The number of hydrogen-bond acceptors (Lipinski definition) is 5. The fraction of sp³-hybridized carbons (Fsp3) is 0.167. The van der Waals surface area contributed by atoms with E-state index in [2.05, 4.69) is 4.74 Å². The van der Waals surface area contributed by atoms with Crippen LogP contribution in [0.4, 0.5) is 5.69 Å². The zero-order valence-corrected chi connectivity index (χ0v) is 9.66. The molecule has 0 aromatic heterocycles. The molecule has 0 saturated heterocycles. The fourth-order valence-electron chi connectivity index (χ4n) is 1.34. The third kappa shape index (κ3) is 3.24. The Hall–Kier alpha value is -2.50. The molecule has 0 unspecified atom stereocenters. The molecule has 0 amide bonds. The van der Waals surface area contributed by atoms with Gasteiger partial charge in [-0.25, -0.2) is 4.79 Å². The number of benzene rings is 1. The Kier molecular flexibility index (Phi) is 4.74. The molecule has 0 bridgehead atoms. The van der Waals surface area contributed by atoms with Crippen molar-refractivity contribution in [3.8, 4) is 0 Å². The molecule has 0 radical (unpaired) electrons. The second-order valence-electron chi connectivity index (χ2n) is 3.33. The van der Waals surface area contributed by atoms with Crippen LogP contribution in [0.15, 0.2) is 24.3 Å². The van der Waals surface area contributed by atoms with Crippen LogP contribution in [0.25, 0.3) is 6.08 Å². The number of esters is 1. The summed E-state index contributed by atoms with van der Waals surface area (Å²) in [6.45, 7) is 0. The molecule has 18 heavy (non-hydrogen) atoms. The molecule has 0 aliphatic carbocycles. The normalized spacial score (nSPS) is 10.3.